The van der Waals surface area contributed by atoms with Crippen molar-refractivity contribution in [1.29, 1.82) is 0 Å². The summed E-state index contributed by atoms with van der Waals surface area (Å²) in [5, 5.41) is 19.2. The van der Waals surface area contributed by atoms with Gasteiger partial charge in [-0.15, -0.1) is 0 Å². The predicted molar refractivity (Wildman–Crippen MR) is 80.2 cm³/mol. The van der Waals surface area contributed by atoms with Gasteiger partial charge in [0.05, 0.1) is 29.0 Å². The molecule has 8 heteroatoms. The van der Waals surface area contributed by atoms with Gasteiger partial charge in [-0.1, -0.05) is 0 Å². The van der Waals surface area contributed by atoms with Gasteiger partial charge < -0.3 is 14.9 Å². The summed E-state index contributed by atoms with van der Waals surface area (Å²) in [6.45, 7) is 1.53. The average Bonchev–Trinajstić information content (AvgIpc) is 2.47. The van der Waals surface area contributed by atoms with Gasteiger partial charge >= 0.3 is 0 Å². The first-order chi connectivity index (χ1) is 10.8. The normalized spacial score (nSPS) is 27.8. The second-order valence-corrected chi connectivity index (χ2v) is 8.43. The minimum absolute atomic E-state index is 0.0557. The van der Waals surface area contributed by atoms with Gasteiger partial charge in [-0.05, 0) is 24.3 Å². The van der Waals surface area contributed by atoms with Gasteiger partial charge in [-0.2, -0.15) is 0 Å². The molecular formula is C15H20FNO5S. The Morgan fingerprint density at radius 1 is 1.22 bits per heavy atom. The Labute approximate surface area is 134 Å². The van der Waals surface area contributed by atoms with Crippen LogP contribution < -0.4 is 0 Å². The van der Waals surface area contributed by atoms with E-state index in [1.807, 2.05) is 4.90 Å². The highest BCUT2D eigenvalue weighted by Gasteiger charge is 2.49. The van der Waals surface area contributed by atoms with Crippen molar-refractivity contribution in [3.05, 3.63) is 30.1 Å². The van der Waals surface area contributed by atoms with Crippen molar-refractivity contribution in [3.8, 4) is 0 Å². The van der Waals surface area contributed by atoms with E-state index in [9.17, 15) is 23.0 Å². The van der Waals surface area contributed by atoms with E-state index in [1.165, 1.54) is 12.1 Å². The van der Waals surface area contributed by atoms with Crippen molar-refractivity contribution in [1.82, 2.24) is 4.90 Å². The first kappa shape index (κ1) is 16.8. The van der Waals surface area contributed by atoms with Crippen LogP contribution in [0.25, 0.3) is 0 Å². The van der Waals surface area contributed by atoms with Gasteiger partial charge in [0, 0.05) is 26.1 Å². The van der Waals surface area contributed by atoms with E-state index in [1.54, 1.807) is 0 Å². The summed E-state index contributed by atoms with van der Waals surface area (Å²) in [6, 6.07) is 4.80. The Kier molecular flexibility index (Phi) is 4.45. The third-order valence-electron chi connectivity index (χ3n) is 4.46. The van der Waals surface area contributed by atoms with Crippen LogP contribution >= 0.6 is 0 Å². The Morgan fingerprint density at radius 3 is 2.48 bits per heavy atom. The fourth-order valence-electron chi connectivity index (χ4n) is 3.11. The molecule has 23 heavy (non-hydrogen) atoms. The summed E-state index contributed by atoms with van der Waals surface area (Å²) in [5.74, 6) is -0.524. The summed E-state index contributed by atoms with van der Waals surface area (Å²) in [4.78, 5) is 2.05. The Bertz CT molecular complexity index is 657. The summed E-state index contributed by atoms with van der Waals surface area (Å²) in [6.07, 6.45) is -1.29. The maximum absolute atomic E-state index is 12.9. The van der Waals surface area contributed by atoms with Gasteiger partial charge in [0.15, 0.2) is 9.84 Å². The zero-order valence-corrected chi connectivity index (χ0v) is 13.4. The molecule has 0 unspecified atom stereocenters. The molecule has 1 aromatic rings. The minimum atomic E-state index is -3.45. The number of hydrogen-bond acceptors (Lipinski definition) is 6. The van der Waals surface area contributed by atoms with Crippen LogP contribution in [0, 0.1) is 5.82 Å². The summed E-state index contributed by atoms with van der Waals surface area (Å²) in [7, 11) is -3.45. The third-order valence-corrected chi connectivity index (χ3v) is 6.17. The summed E-state index contributed by atoms with van der Waals surface area (Å²) < 4.78 is 42.9. The molecule has 0 radical (unpaired) electrons. The van der Waals surface area contributed by atoms with Crippen molar-refractivity contribution >= 4 is 9.84 Å². The smallest absolute Gasteiger partial charge is 0.179 e. The lowest BCUT2D eigenvalue weighted by Gasteiger charge is -2.53. The number of rotatable bonds is 4. The second kappa shape index (κ2) is 6.10. The lowest BCUT2D eigenvalue weighted by atomic mass is 9.84. The second-order valence-electron chi connectivity index (χ2n) is 6.32. The van der Waals surface area contributed by atoms with Crippen LogP contribution in [0.1, 0.15) is 6.42 Å². The number of sulfone groups is 1. The van der Waals surface area contributed by atoms with Gasteiger partial charge in [0.2, 0.25) is 0 Å². The first-order valence-corrected chi connectivity index (χ1v) is 9.16. The van der Waals surface area contributed by atoms with Gasteiger partial charge in [0.1, 0.15) is 11.9 Å². The summed E-state index contributed by atoms with van der Waals surface area (Å²) >= 11 is 0. The molecule has 0 aliphatic carbocycles. The highest BCUT2D eigenvalue weighted by atomic mass is 32.2. The molecule has 2 N–H and O–H groups in total. The van der Waals surface area contributed by atoms with Crippen LogP contribution in [0.2, 0.25) is 0 Å². The quantitative estimate of drug-likeness (QED) is 0.735. The molecule has 2 aliphatic heterocycles. The molecule has 1 aromatic carbocycles. The number of ether oxygens (including phenoxy) is 1. The van der Waals surface area contributed by atoms with Gasteiger partial charge in [-0.3, -0.25) is 4.90 Å². The highest BCUT2D eigenvalue weighted by molar-refractivity contribution is 7.91. The molecule has 0 saturated carbocycles. The zero-order chi connectivity index (χ0) is 16.7. The number of hydrogen-bond donors (Lipinski definition) is 2. The molecule has 2 atom stereocenters. The molecular weight excluding hydrogens is 325 g/mol. The number of halogens is 1. The van der Waals surface area contributed by atoms with Crippen molar-refractivity contribution in [2.75, 3.05) is 32.0 Å². The maximum atomic E-state index is 12.9. The number of aliphatic hydroxyl groups excluding tert-OH is 2. The number of aliphatic hydroxyl groups is 2. The lowest BCUT2D eigenvalue weighted by Crippen LogP contribution is -2.68. The molecule has 2 heterocycles. The largest absolute Gasteiger partial charge is 0.390 e. The SMILES string of the molecule is O=S(=O)(CCN1CC2(C[C@H](O)[C@H](O)CO2)C1)c1ccc(F)cc1. The van der Waals surface area contributed by atoms with Crippen LogP contribution in [0.4, 0.5) is 4.39 Å². The molecule has 6 nitrogen and oxygen atoms in total. The fourth-order valence-corrected chi connectivity index (χ4v) is 4.39. The maximum Gasteiger partial charge on any atom is 0.179 e. The van der Waals surface area contributed by atoms with E-state index >= 15 is 0 Å². The van der Waals surface area contributed by atoms with Crippen molar-refractivity contribution in [2.24, 2.45) is 0 Å². The highest BCUT2D eigenvalue weighted by Crippen LogP contribution is 2.34. The van der Waals surface area contributed by atoms with Crippen LogP contribution in [-0.4, -0.2) is 73.3 Å². The number of likely N-dealkylation sites (tertiary alicyclic amines) is 1. The molecule has 2 saturated heterocycles. The molecule has 0 amide bonds. The van der Waals surface area contributed by atoms with Crippen molar-refractivity contribution < 1.29 is 27.8 Å². The topological polar surface area (TPSA) is 87.1 Å². The van der Waals surface area contributed by atoms with Crippen LogP contribution in [0.15, 0.2) is 29.2 Å². The molecule has 0 bridgehead atoms. The van der Waals surface area contributed by atoms with E-state index in [4.69, 9.17) is 4.74 Å². The molecule has 3 rings (SSSR count). The molecule has 0 aromatic heterocycles. The van der Waals surface area contributed by atoms with Gasteiger partial charge in [0.25, 0.3) is 0 Å². The van der Waals surface area contributed by atoms with E-state index in [-0.39, 0.29) is 17.3 Å². The first-order valence-electron chi connectivity index (χ1n) is 7.50. The van der Waals surface area contributed by atoms with E-state index < -0.39 is 33.5 Å². The van der Waals surface area contributed by atoms with E-state index in [0.717, 1.165) is 12.1 Å². The molecule has 128 valence electrons. The van der Waals surface area contributed by atoms with Crippen molar-refractivity contribution in [3.63, 3.8) is 0 Å². The van der Waals surface area contributed by atoms with E-state index in [0.29, 0.717) is 26.1 Å². The average molecular weight is 345 g/mol. The zero-order valence-electron chi connectivity index (χ0n) is 12.6. The Hall–Kier alpha value is -1.06. The molecule has 2 aliphatic rings. The van der Waals surface area contributed by atoms with Crippen LogP contribution in [-0.2, 0) is 14.6 Å². The van der Waals surface area contributed by atoms with E-state index in [2.05, 4.69) is 0 Å². The lowest BCUT2D eigenvalue weighted by molar-refractivity contribution is -0.220. The minimum Gasteiger partial charge on any atom is -0.390 e. The number of benzene rings is 1. The Morgan fingerprint density at radius 2 is 1.87 bits per heavy atom. The van der Waals surface area contributed by atoms with Crippen molar-refractivity contribution in [2.45, 2.75) is 29.1 Å². The predicted octanol–water partition coefficient (Wildman–Crippen LogP) is -0.204. The number of nitrogens with zero attached hydrogens (tertiary/aromatic N) is 1. The monoisotopic (exact) mass is 345 g/mol. The Balaban J connectivity index is 1.52. The molecule has 1 spiro atoms. The van der Waals surface area contributed by atoms with Crippen LogP contribution in [0.3, 0.4) is 0 Å². The van der Waals surface area contributed by atoms with Crippen LogP contribution in [0.5, 0.6) is 0 Å². The van der Waals surface area contributed by atoms with Gasteiger partial charge in [-0.25, -0.2) is 12.8 Å². The molecule has 2 fully saturated rings. The summed E-state index contributed by atoms with van der Waals surface area (Å²) in [5.41, 5.74) is -0.474. The third kappa shape index (κ3) is 3.56. The fraction of sp³-hybridized carbons (Fsp3) is 0.600. The standard InChI is InChI=1S/C15H20FNO5S/c16-11-1-3-12(4-2-11)23(20,21)6-5-17-9-15(10-17)7-13(18)14(19)8-22-15/h1-4,13-14,18-19H,5-10H2/t13-,14+/m0/s1.